The molecule has 1 aliphatic rings. The minimum Gasteiger partial charge on any atom is -0.620 e. The summed E-state index contributed by atoms with van der Waals surface area (Å²) in [5.41, 5.74) is -0.102. The molecule has 1 heterocycles. The van der Waals surface area contributed by atoms with Crippen LogP contribution >= 0.6 is 0 Å². The summed E-state index contributed by atoms with van der Waals surface area (Å²) in [6, 6.07) is -0.874. The van der Waals surface area contributed by atoms with Crippen LogP contribution in [0.3, 0.4) is 0 Å². The molecule has 0 fully saturated rings. The topological polar surface area (TPSA) is 97.5 Å². The van der Waals surface area contributed by atoms with E-state index in [1.807, 2.05) is 5.32 Å². The SMILES string of the molecule is N=C1NC(=O)[NH+]([O-])C=C1C=O. The maximum atomic E-state index is 10.6. The Morgan fingerprint density at radius 3 is 2.91 bits per heavy atom. The van der Waals surface area contributed by atoms with Crippen LogP contribution in [0, 0.1) is 10.6 Å². The van der Waals surface area contributed by atoms with Crippen LogP contribution in [-0.2, 0) is 4.79 Å². The molecule has 0 spiro atoms. The lowest BCUT2D eigenvalue weighted by Gasteiger charge is -2.20. The van der Waals surface area contributed by atoms with Crippen molar-refractivity contribution in [3.63, 3.8) is 0 Å². The Bertz CT molecular complexity index is 258. The Balaban J connectivity index is 2.96. The van der Waals surface area contributed by atoms with Gasteiger partial charge in [-0.25, -0.2) is 4.79 Å². The average molecular weight is 155 g/mol. The Morgan fingerprint density at radius 2 is 2.36 bits per heavy atom. The van der Waals surface area contributed by atoms with Crippen molar-refractivity contribution in [2.24, 2.45) is 0 Å². The van der Waals surface area contributed by atoms with Crippen LogP contribution in [0.2, 0.25) is 0 Å². The van der Waals surface area contributed by atoms with E-state index in [2.05, 4.69) is 0 Å². The van der Waals surface area contributed by atoms with E-state index in [1.54, 1.807) is 0 Å². The van der Waals surface area contributed by atoms with Crippen LogP contribution in [0.5, 0.6) is 0 Å². The molecule has 58 valence electrons. The van der Waals surface area contributed by atoms with Gasteiger partial charge in [-0.1, -0.05) is 0 Å². The van der Waals surface area contributed by atoms with Crippen molar-refractivity contribution in [1.82, 2.24) is 5.32 Å². The molecule has 0 bridgehead atoms. The molecule has 1 aliphatic heterocycles. The van der Waals surface area contributed by atoms with Gasteiger partial charge >= 0.3 is 6.03 Å². The summed E-state index contributed by atoms with van der Waals surface area (Å²) in [6.45, 7) is 0. The van der Waals surface area contributed by atoms with Crippen molar-refractivity contribution in [2.75, 3.05) is 0 Å². The fraction of sp³-hybridized carbons (Fsp3) is 0. The van der Waals surface area contributed by atoms with Crippen LogP contribution in [0.15, 0.2) is 11.8 Å². The quantitative estimate of drug-likeness (QED) is 0.306. The zero-order valence-electron chi connectivity index (χ0n) is 5.38. The summed E-state index contributed by atoms with van der Waals surface area (Å²) in [6.07, 6.45) is 1.19. The Hall–Kier alpha value is -1.53. The predicted octanol–water partition coefficient (Wildman–Crippen LogP) is -1.85. The minimum atomic E-state index is -0.874. The van der Waals surface area contributed by atoms with Gasteiger partial charge in [0.1, 0.15) is 17.6 Å². The van der Waals surface area contributed by atoms with Gasteiger partial charge in [-0.3, -0.25) is 20.6 Å². The molecule has 0 radical (unpaired) electrons. The van der Waals surface area contributed by atoms with Crippen LogP contribution in [-0.4, -0.2) is 18.2 Å². The van der Waals surface area contributed by atoms with Crippen LogP contribution < -0.4 is 10.4 Å². The highest BCUT2D eigenvalue weighted by Gasteiger charge is 2.21. The molecule has 0 aromatic rings. The molecule has 1 rings (SSSR count). The van der Waals surface area contributed by atoms with E-state index < -0.39 is 11.1 Å². The number of carbonyl (C=O) groups excluding carboxylic acids is 2. The molecule has 6 nitrogen and oxygen atoms in total. The third-order valence-corrected chi connectivity index (χ3v) is 1.16. The van der Waals surface area contributed by atoms with E-state index in [-0.39, 0.29) is 11.4 Å². The van der Waals surface area contributed by atoms with Gasteiger partial charge < -0.3 is 5.21 Å². The van der Waals surface area contributed by atoms with Gasteiger partial charge in [0.05, 0.1) is 0 Å². The summed E-state index contributed by atoms with van der Waals surface area (Å²) >= 11 is 0. The monoisotopic (exact) mass is 155 g/mol. The lowest BCUT2D eigenvalue weighted by molar-refractivity contribution is -0.697. The van der Waals surface area contributed by atoms with Gasteiger partial charge in [-0.2, -0.15) is 0 Å². The zero-order valence-corrected chi connectivity index (χ0v) is 5.38. The van der Waals surface area contributed by atoms with Crippen molar-refractivity contribution in [2.45, 2.75) is 0 Å². The van der Waals surface area contributed by atoms with Gasteiger partial charge in [0, 0.05) is 0 Å². The average Bonchev–Trinajstić information content (AvgIpc) is 1.97. The molecule has 0 saturated heterocycles. The van der Waals surface area contributed by atoms with E-state index in [1.165, 1.54) is 0 Å². The van der Waals surface area contributed by atoms with Gasteiger partial charge in [0.15, 0.2) is 6.29 Å². The first-order valence-electron chi connectivity index (χ1n) is 2.76. The number of quaternary nitrogens is 1. The van der Waals surface area contributed by atoms with Gasteiger partial charge in [0.25, 0.3) is 0 Å². The molecule has 11 heavy (non-hydrogen) atoms. The lowest BCUT2D eigenvalue weighted by atomic mass is 10.2. The summed E-state index contributed by atoms with van der Waals surface area (Å²) in [5, 5.41) is 18.7. The molecule has 0 aliphatic carbocycles. The number of hydrogen-bond acceptors (Lipinski definition) is 4. The first kappa shape index (κ1) is 7.58. The summed E-state index contributed by atoms with van der Waals surface area (Å²) in [4.78, 5) is 20.6. The van der Waals surface area contributed by atoms with Crippen molar-refractivity contribution >= 4 is 18.2 Å². The van der Waals surface area contributed by atoms with Gasteiger partial charge in [-0.05, 0) is 0 Å². The number of aldehydes is 1. The van der Waals surface area contributed by atoms with E-state index in [9.17, 15) is 14.8 Å². The van der Waals surface area contributed by atoms with Gasteiger partial charge in [0.2, 0.25) is 0 Å². The molecule has 1 atom stereocenters. The minimum absolute atomic E-state index is 0.102. The first-order valence-corrected chi connectivity index (χ1v) is 2.76. The Kier molecular flexibility index (Phi) is 1.79. The maximum absolute atomic E-state index is 10.6. The van der Waals surface area contributed by atoms with E-state index >= 15 is 0 Å². The van der Waals surface area contributed by atoms with Crippen molar-refractivity contribution in [3.8, 4) is 0 Å². The standard InChI is InChI=1S/C5H5N3O3/c6-4-3(2-9)1-8(11)5(10)7-4/h1-2,8H,(H2,6,7,10). The highest BCUT2D eigenvalue weighted by molar-refractivity contribution is 6.16. The number of urea groups is 1. The highest BCUT2D eigenvalue weighted by Crippen LogP contribution is 1.88. The second-order valence-corrected chi connectivity index (χ2v) is 1.91. The number of hydroxylamine groups is 2. The van der Waals surface area contributed by atoms with Crippen molar-refractivity contribution in [1.29, 1.82) is 5.41 Å². The summed E-state index contributed by atoms with van der Waals surface area (Å²) < 4.78 is 0. The van der Waals surface area contributed by atoms with E-state index in [0.717, 1.165) is 6.20 Å². The third-order valence-electron chi connectivity index (χ3n) is 1.16. The molecule has 6 heteroatoms. The Labute approximate surface area is 61.6 Å². The largest absolute Gasteiger partial charge is 0.620 e. The number of amidine groups is 1. The number of carbonyl (C=O) groups is 2. The molecular weight excluding hydrogens is 150 g/mol. The normalized spacial score (nSPS) is 24.1. The molecule has 3 N–H and O–H groups in total. The molecule has 0 aromatic carbocycles. The first-order chi connectivity index (χ1) is 5.15. The zero-order chi connectivity index (χ0) is 8.43. The third kappa shape index (κ3) is 1.31. The van der Waals surface area contributed by atoms with E-state index in [4.69, 9.17) is 5.41 Å². The number of hydrogen-bond donors (Lipinski definition) is 3. The van der Waals surface area contributed by atoms with Crippen molar-refractivity contribution < 1.29 is 14.7 Å². The van der Waals surface area contributed by atoms with Crippen LogP contribution in [0.25, 0.3) is 0 Å². The fourth-order valence-corrected chi connectivity index (χ4v) is 0.619. The Morgan fingerprint density at radius 1 is 1.73 bits per heavy atom. The molecule has 0 saturated carbocycles. The number of rotatable bonds is 1. The molecular formula is C5H5N3O3. The van der Waals surface area contributed by atoms with Crippen LogP contribution in [0.1, 0.15) is 0 Å². The lowest BCUT2D eigenvalue weighted by Crippen LogP contribution is -3.08. The molecule has 2 amide bonds. The number of amides is 2. The summed E-state index contributed by atoms with van der Waals surface area (Å²) in [7, 11) is 0. The second kappa shape index (κ2) is 2.60. The summed E-state index contributed by atoms with van der Waals surface area (Å²) in [5.74, 6) is -0.329. The smallest absolute Gasteiger partial charge is 0.425 e. The van der Waals surface area contributed by atoms with Crippen LogP contribution in [0.4, 0.5) is 4.79 Å². The van der Waals surface area contributed by atoms with Gasteiger partial charge in [-0.15, -0.1) is 0 Å². The fourth-order valence-electron chi connectivity index (χ4n) is 0.619. The molecule has 0 aromatic heterocycles. The maximum Gasteiger partial charge on any atom is 0.425 e. The molecule has 1 unspecified atom stereocenters. The highest BCUT2D eigenvalue weighted by atomic mass is 16.5. The predicted molar refractivity (Wildman–Crippen MR) is 34.7 cm³/mol. The number of nitrogens with one attached hydrogen (secondary N) is 3. The van der Waals surface area contributed by atoms with Crippen molar-refractivity contribution in [3.05, 3.63) is 17.0 Å². The van der Waals surface area contributed by atoms with E-state index in [0.29, 0.717) is 6.29 Å². The second-order valence-electron chi connectivity index (χ2n) is 1.91.